The predicted octanol–water partition coefficient (Wildman–Crippen LogP) is 0.436. The molecule has 5 heteroatoms. The summed E-state index contributed by atoms with van der Waals surface area (Å²) in [5.41, 5.74) is 6.34. The zero-order valence-corrected chi connectivity index (χ0v) is 8.28. The summed E-state index contributed by atoms with van der Waals surface area (Å²) < 4.78 is 6.54. The van der Waals surface area contributed by atoms with Crippen LogP contribution in [-0.2, 0) is 15.1 Å². The highest BCUT2D eigenvalue weighted by Crippen LogP contribution is 2.28. The molecule has 76 valence electrons. The quantitative estimate of drug-likeness (QED) is 0.660. The third-order valence-electron chi connectivity index (χ3n) is 2.70. The first kappa shape index (κ1) is 9.05. The number of aryl methyl sites for hydroxylation is 1. The molecule has 0 aromatic carbocycles. The molecule has 1 unspecified atom stereocenters. The molecule has 2 rings (SSSR count). The fraction of sp³-hybridized carbons (Fsp3) is 0.556. The van der Waals surface area contributed by atoms with Gasteiger partial charge in [0.1, 0.15) is 0 Å². The van der Waals surface area contributed by atoms with Crippen LogP contribution in [0.25, 0.3) is 0 Å². The second-order valence-corrected chi connectivity index (χ2v) is 3.77. The topological polar surface area (TPSA) is 70.1 Å². The molecule has 0 bridgehead atoms. The molecule has 2 N–H and O–H groups in total. The molecule has 0 amide bonds. The maximum Gasteiger partial charge on any atom is 0.333 e. The van der Waals surface area contributed by atoms with Crippen LogP contribution >= 0.6 is 0 Å². The number of rotatable bonds is 1. The monoisotopic (exact) mass is 195 g/mol. The van der Waals surface area contributed by atoms with E-state index in [1.807, 2.05) is 13.8 Å². The number of nitrogens with zero attached hydrogens (tertiary/aromatic N) is 2. The van der Waals surface area contributed by atoms with E-state index in [0.717, 1.165) is 5.69 Å². The third-order valence-corrected chi connectivity index (χ3v) is 2.70. The summed E-state index contributed by atoms with van der Waals surface area (Å²) in [6, 6.07) is 0. The van der Waals surface area contributed by atoms with Crippen LogP contribution in [0, 0.1) is 6.92 Å². The van der Waals surface area contributed by atoms with Crippen molar-refractivity contribution in [3.63, 3.8) is 0 Å². The van der Waals surface area contributed by atoms with Crippen LogP contribution in [0.4, 0.5) is 5.69 Å². The third kappa shape index (κ3) is 1.08. The molecule has 5 nitrogen and oxygen atoms in total. The van der Waals surface area contributed by atoms with Crippen LogP contribution < -0.4 is 5.73 Å². The molecular weight excluding hydrogens is 182 g/mol. The molecule has 1 aliphatic heterocycles. The summed E-state index contributed by atoms with van der Waals surface area (Å²) >= 11 is 0. The van der Waals surface area contributed by atoms with Gasteiger partial charge >= 0.3 is 5.97 Å². The molecule has 1 aromatic rings. The van der Waals surface area contributed by atoms with E-state index in [4.69, 9.17) is 10.5 Å². The molecular formula is C9H13N3O2. The smallest absolute Gasteiger partial charge is 0.333 e. The number of anilines is 1. The minimum Gasteiger partial charge on any atom is -0.464 e. The molecule has 1 atom stereocenters. The Morgan fingerprint density at radius 1 is 1.71 bits per heavy atom. The average Bonchev–Trinajstić information content (AvgIpc) is 2.61. The standard InChI is InChI=1S/C9H13N3O2/c1-6-7(10)5-12(11-6)9(2)3-4-14-8(9)13/h5H,3-4,10H2,1-2H3. The summed E-state index contributed by atoms with van der Waals surface area (Å²) in [6.07, 6.45) is 2.33. The molecule has 2 heterocycles. The fourth-order valence-corrected chi connectivity index (χ4v) is 1.53. The number of ether oxygens (including phenoxy) is 1. The number of hydrogen-bond acceptors (Lipinski definition) is 4. The molecule has 1 saturated heterocycles. The minimum atomic E-state index is -0.678. The van der Waals surface area contributed by atoms with Crippen LogP contribution in [0.15, 0.2) is 6.20 Å². The first-order valence-corrected chi connectivity index (χ1v) is 4.53. The highest BCUT2D eigenvalue weighted by molar-refractivity contribution is 5.80. The van der Waals surface area contributed by atoms with Crippen molar-refractivity contribution in [2.75, 3.05) is 12.3 Å². The maximum atomic E-state index is 11.5. The van der Waals surface area contributed by atoms with E-state index >= 15 is 0 Å². The van der Waals surface area contributed by atoms with Crippen LogP contribution in [0.5, 0.6) is 0 Å². The van der Waals surface area contributed by atoms with Crippen LogP contribution in [-0.4, -0.2) is 22.4 Å². The average molecular weight is 195 g/mol. The van der Waals surface area contributed by atoms with E-state index in [2.05, 4.69) is 5.10 Å². The highest BCUT2D eigenvalue weighted by atomic mass is 16.5. The number of carbonyl (C=O) groups excluding carboxylic acids is 1. The molecule has 1 aromatic heterocycles. The van der Waals surface area contributed by atoms with Crippen LogP contribution in [0.1, 0.15) is 19.0 Å². The Morgan fingerprint density at radius 2 is 2.43 bits per heavy atom. The van der Waals surface area contributed by atoms with Gasteiger partial charge in [0.25, 0.3) is 0 Å². The van der Waals surface area contributed by atoms with Gasteiger partial charge in [-0.1, -0.05) is 0 Å². The van der Waals surface area contributed by atoms with Crippen molar-refractivity contribution in [2.24, 2.45) is 0 Å². The highest BCUT2D eigenvalue weighted by Gasteiger charge is 2.42. The number of carbonyl (C=O) groups is 1. The van der Waals surface area contributed by atoms with Gasteiger partial charge in [-0.3, -0.25) is 4.68 Å². The number of hydrogen-bond donors (Lipinski definition) is 1. The Labute approximate surface area is 81.8 Å². The van der Waals surface area contributed by atoms with E-state index in [1.165, 1.54) is 0 Å². The van der Waals surface area contributed by atoms with Gasteiger partial charge in [-0.25, -0.2) is 4.79 Å². The second-order valence-electron chi connectivity index (χ2n) is 3.77. The van der Waals surface area contributed by atoms with Crippen LogP contribution in [0.2, 0.25) is 0 Å². The summed E-state index contributed by atoms with van der Waals surface area (Å²) in [5, 5.41) is 4.21. The Hall–Kier alpha value is -1.52. The van der Waals surface area contributed by atoms with Crippen molar-refractivity contribution in [1.29, 1.82) is 0 Å². The largest absolute Gasteiger partial charge is 0.464 e. The lowest BCUT2D eigenvalue weighted by atomic mass is 10.0. The van der Waals surface area contributed by atoms with Gasteiger partial charge in [-0.05, 0) is 13.8 Å². The van der Waals surface area contributed by atoms with E-state index in [0.29, 0.717) is 18.7 Å². The fourth-order valence-electron chi connectivity index (χ4n) is 1.53. The SMILES string of the molecule is Cc1nn(C2(C)CCOC2=O)cc1N. The van der Waals surface area contributed by atoms with Crippen molar-refractivity contribution in [3.05, 3.63) is 11.9 Å². The minimum absolute atomic E-state index is 0.236. The molecule has 0 radical (unpaired) electrons. The summed E-state index contributed by atoms with van der Waals surface area (Å²) in [7, 11) is 0. The van der Waals surface area contributed by atoms with Crippen molar-refractivity contribution in [1.82, 2.24) is 9.78 Å². The van der Waals surface area contributed by atoms with E-state index in [-0.39, 0.29) is 5.97 Å². The van der Waals surface area contributed by atoms with Gasteiger partial charge < -0.3 is 10.5 Å². The Morgan fingerprint density at radius 3 is 2.86 bits per heavy atom. The van der Waals surface area contributed by atoms with Gasteiger partial charge in [0.05, 0.1) is 18.0 Å². The molecule has 1 aliphatic rings. The normalized spacial score (nSPS) is 26.6. The van der Waals surface area contributed by atoms with Gasteiger partial charge in [-0.15, -0.1) is 0 Å². The Balaban J connectivity index is 2.43. The number of nitrogen functional groups attached to an aromatic ring is 1. The van der Waals surface area contributed by atoms with E-state index < -0.39 is 5.54 Å². The zero-order chi connectivity index (χ0) is 10.3. The van der Waals surface area contributed by atoms with Gasteiger partial charge in [0, 0.05) is 12.6 Å². The molecule has 0 spiro atoms. The Kier molecular flexibility index (Phi) is 1.77. The van der Waals surface area contributed by atoms with E-state index in [9.17, 15) is 4.79 Å². The second kappa shape index (κ2) is 2.73. The molecule has 14 heavy (non-hydrogen) atoms. The van der Waals surface area contributed by atoms with Gasteiger partial charge in [-0.2, -0.15) is 5.10 Å². The van der Waals surface area contributed by atoms with Crippen molar-refractivity contribution in [2.45, 2.75) is 25.8 Å². The number of nitrogens with two attached hydrogens (primary N) is 1. The molecule has 0 saturated carbocycles. The summed E-state index contributed by atoms with van der Waals surface area (Å²) in [6.45, 7) is 4.08. The lowest BCUT2D eigenvalue weighted by Crippen LogP contribution is -2.35. The predicted molar refractivity (Wildman–Crippen MR) is 50.6 cm³/mol. The van der Waals surface area contributed by atoms with Crippen molar-refractivity contribution in [3.8, 4) is 0 Å². The zero-order valence-electron chi connectivity index (χ0n) is 8.28. The molecule has 1 fully saturated rings. The van der Waals surface area contributed by atoms with Gasteiger partial charge in [0.2, 0.25) is 0 Å². The van der Waals surface area contributed by atoms with Crippen molar-refractivity contribution < 1.29 is 9.53 Å². The number of aromatic nitrogens is 2. The Bertz CT molecular complexity index is 366. The first-order chi connectivity index (χ1) is 6.54. The molecule has 0 aliphatic carbocycles. The summed E-state index contributed by atoms with van der Waals surface area (Å²) in [4.78, 5) is 11.5. The van der Waals surface area contributed by atoms with Crippen molar-refractivity contribution >= 4 is 11.7 Å². The van der Waals surface area contributed by atoms with Gasteiger partial charge in [0.15, 0.2) is 5.54 Å². The summed E-state index contributed by atoms with van der Waals surface area (Å²) in [5.74, 6) is -0.236. The number of esters is 1. The number of cyclic esters (lactones) is 1. The lowest BCUT2D eigenvalue weighted by Gasteiger charge is -2.18. The maximum absolute atomic E-state index is 11.5. The van der Waals surface area contributed by atoms with Crippen LogP contribution in [0.3, 0.4) is 0 Å². The van der Waals surface area contributed by atoms with E-state index in [1.54, 1.807) is 10.9 Å². The lowest BCUT2D eigenvalue weighted by molar-refractivity contribution is -0.145. The first-order valence-electron chi connectivity index (χ1n) is 4.53.